The first-order valence-corrected chi connectivity index (χ1v) is 8.74. The number of nitrogens with one attached hydrogen (secondary N) is 2. The van der Waals surface area contributed by atoms with E-state index in [-0.39, 0.29) is 12.0 Å². The molecular weight excluding hydrogens is 276 g/mol. The first kappa shape index (κ1) is 15.6. The first-order chi connectivity index (χ1) is 10.7. The van der Waals surface area contributed by atoms with Crippen LogP contribution in [0.3, 0.4) is 0 Å². The Morgan fingerprint density at radius 1 is 1.32 bits per heavy atom. The Labute approximate surface area is 133 Å². The van der Waals surface area contributed by atoms with E-state index in [2.05, 4.69) is 28.6 Å². The van der Waals surface area contributed by atoms with Crippen molar-refractivity contribution in [3.8, 4) is 6.07 Å². The number of rotatable bonds is 4. The maximum absolute atomic E-state index is 9.22. The molecule has 4 unspecified atom stereocenters. The predicted octanol–water partition coefficient (Wildman–Crippen LogP) is 2.19. The summed E-state index contributed by atoms with van der Waals surface area (Å²) in [6.45, 7) is 2.88. The van der Waals surface area contributed by atoms with E-state index in [0.717, 1.165) is 38.2 Å². The van der Waals surface area contributed by atoms with Crippen molar-refractivity contribution >= 4 is 5.96 Å². The second kappa shape index (κ2) is 6.45. The third kappa shape index (κ3) is 2.58. The minimum Gasteiger partial charge on any atom is -0.378 e. The Morgan fingerprint density at radius 3 is 2.73 bits per heavy atom. The van der Waals surface area contributed by atoms with Crippen LogP contribution in [0.5, 0.6) is 0 Å². The monoisotopic (exact) mass is 304 g/mol. The quantitative estimate of drug-likeness (QED) is 0.617. The molecule has 0 aromatic carbocycles. The van der Waals surface area contributed by atoms with Gasteiger partial charge in [0.1, 0.15) is 0 Å². The summed E-state index contributed by atoms with van der Waals surface area (Å²) in [5, 5.41) is 16.3. The largest absolute Gasteiger partial charge is 0.378 e. The fourth-order valence-electron chi connectivity index (χ4n) is 4.44. The van der Waals surface area contributed by atoms with E-state index in [1.54, 1.807) is 0 Å². The summed E-state index contributed by atoms with van der Waals surface area (Å²) in [5.74, 6) is 0.979. The van der Waals surface area contributed by atoms with Gasteiger partial charge in [0.05, 0.1) is 18.1 Å². The molecule has 0 heterocycles. The van der Waals surface area contributed by atoms with Gasteiger partial charge in [-0.1, -0.05) is 6.42 Å². The molecule has 5 heteroatoms. The molecule has 0 aromatic heterocycles. The Bertz CT molecular complexity index is 466. The van der Waals surface area contributed by atoms with Crippen LogP contribution in [0, 0.1) is 22.7 Å². The molecule has 0 radical (unpaired) electrons. The summed E-state index contributed by atoms with van der Waals surface area (Å²) in [7, 11) is 1.82. The zero-order valence-corrected chi connectivity index (χ0v) is 13.8. The molecule has 3 aliphatic rings. The van der Waals surface area contributed by atoms with E-state index in [1.807, 2.05) is 7.05 Å². The second-order valence-corrected chi connectivity index (χ2v) is 6.95. The minimum absolute atomic E-state index is 0.119. The molecule has 3 saturated carbocycles. The van der Waals surface area contributed by atoms with Crippen LogP contribution in [0.4, 0.5) is 0 Å². The summed E-state index contributed by atoms with van der Waals surface area (Å²) in [6, 6.07) is 3.13. The molecule has 22 heavy (non-hydrogen) atoms. The first-order valence-electron chi connectivity index (χ1n) is 8.74. The van der Waals surface area contributed by atoms with E-state index < -0.39 is 0 Å². The molecule has 3 aliphatic carbocycles. The minimum atomic E-state index is 0.119. The fraction of sp³-hybridized carbons (Fsp3) is 0.882. The molecule has 4 atom stereocenters. The van der Waals surface area contributed by atoms with Crippen LogP contribution in [-0.4, -0.2) is 37.8 Å². The van der Waals surface area contributed by atoms with Crippen LogP contribution in [0.15, 0.2) is 4.99 Å². The van der Waals surface area contributed by atoms with Gasteiger partial charge in [-0.05, 0) is 45.4 Å². The van der Waals surface area contributed by atoms with E-state index in [1.165, 1.54) is 19.3 Å². The van der Waals surface area contributed by atoms with Crippen LogP contribution in [-0.2, 0) is 4.74 Å². The molecule has 0 aromatic rings. The van der Waals surface area contributed by atoms with E-state index in [9.17, 15) is 5.26 Å². The van der Waals surface area contributed by atoms with E-state index in [0.29, 0.717) is 17.6 Å². The van der Waals surface area contributed by atoms with Gasteiger partial charge in [0, 0.05) is 31.2 Å². The van der Waals surface area contributed by atoms with Crippen LogP contribution in [0.2, 0.25) is 0 Å². The zero-order valence-electron chi connectivity index (χ0n) is 13.8. The highest BCUT2D eigenvalue weighted by atomic mass is 16.5. The standard InChI is InChI=1S/C17H28N4O/c1-3-22-15-10-14(17(15)8-5-9-17)21-16(19-2)20-13-7-4-6-12(13)11-18/h12-15H,3-10H2,1-2H3,(H2,19,20,21). The number of guanidine groups is 1. The number of ether oxygens (including phenoxy) is 1. The Hall–Kier alpha value is -1.28. The average molecular weight is 304 g/mol. The van der Waals surface area contributed by atoms with Crippen LogP contribution >= 0.6 is 0 Å². The summed E-state index contributed by atoms with van der Waals surface area (Å²) in [4.78, 5) is 4.38. The van der Waals surface area contributed by atoms with E-state index in [4.69, 9.17) is 4.74 Å². The second-order valence-electron chi connectivity index (χ2n) is 6.95. The number of nitriles is 1. The molecule has 1 spiro atoms. The van der Waals surface area contributed by atoms with Gasteiger partial charge in [0.15, 0.2) is 5.96 Å². The van der Waals surface area contributed by atoms with Gasteiger partial charge in [-0.15, -0.1) is 0 Å². The Kier molecular flexibility index (Phi) is 4.58. The lowest BCUT2D eigenvalue weighted by atomic mass is 9.51. The van der Waals surface area contributed by atoms with Crippen LogP contribution in [0.1, 0.15) is 51.9 Å². The van der Waals surface area contributed by atoms with Crippen molar-refractivity contribution in [2.45, 2.75) is 70.1 Å². The lowest BCUT2D eigenvalue weighted by molar-refractivity contribution is -0.168. The van der Waals surface area contributed by atoms with Crippen molar-refractivity contribution in [3.63, 3.8) is 0 Å². The van der Waals surface area contributed by atoms with Crippen LogP contribution in [0.25, 0.3) is 0 Å². The molecule has 122 valence electrons. The van der Waals surface area contributed by atoms with Gasteiger partial charge in [-0.3, -0.25) is 4.99 Å². The van der Waals surface area contributed by atoms with Crippen molar-refractivity contribution in [3.05, 3.63) is 0 Å². The maximum Gasteiger partial charge on any atom is 0.191 e. The highest BCUT2D eigenvalue weighted by Gasteiger charge is 2.59. The lowest BCUT2D eigenvalue weighted by Gasteiger charge is -2.61. The van der Waals surface area contributed by atoms with Gasteiger partial charge in [-0.2, -0.15) is 5.26 Å². The fourth-order valence-corrected chi connectivity index (χ4v) is 4.44. The molecular formula is C17H28N4O. The summed E-state index contributed by atoms with van der Waals surface area (Å²) < 4.78 is 5.91. The number of hydrogen-bond acceptors (Lipinski definition) is 3. The summed E-state index contributed by atoms with van der Waals surface area (Å²) >= 11 is 0. The van der Waals surface area contributed by atoms with Crippen molar-refractivity contribution in [2.24, 2.45) is 16.3 Å². The van der Waals surface area contributed by atoms with Crippen molar-refractivity contribution in [2.75, 3.05) is 13.7 Å². The molecule has 0 amide bonds. The molecule has 5 nitrogen and oxygen atoms in total. The number of aliphatic imine (C=N–C) groups is 1. The summed E-state index contributed by atoms with van der Waals surface area (Å²) in [6.07, 6.45) is 8.52. The molecule has 3 fully saturated rings. The number of nitrogens with zero attached hydrogens (tertiary/aromatic N) is 2. The van der Waals surface area contributed by atoms with Crippen molar-refractivity contribution < 1.29 is 4.74 Å². The Morgan fingerprint density at radius 2 is 2.14 bits per heavy atom. The van der Waals surface area contributed by atoms with Crippen molar-refractivity contribution in [1.29, 1.82) is 5.26 Å². The maximum atomic E-state index is 9.22. The third-order valence-electron chi connectivity index (χ3n) is 5.98. The lowest BCUT2D eigenvalue weighted by Crippen LogP contribution is -2.69. The van der Waals surface area contributed by atoms with Crippen molar-refractivity contribution in [1.82, 2.24) is 10.6 Å². The molecule has 0 bridgehead atoms. The van der Waals surface area contributed by atoms with Gasteiger partial charge in [0.25, 0.3) is 0 Å². The van der Waals surface area contributed by atoms with Gasteiger partial charge < -0.3 is 15.4 Å². The number of hydrogen-bond donors (Lipinski definition) is 2. The SMILES string of the molecule is CCOC1CC(NC(=NC)NC2CCCC2C#N)C12CCC2. The van der Waals surface area contributed by atoms with E-state index >= 15 is 0 Å². The molecule has 2 N–H and O–H groups in total. The molecule has 3 rings (SSSR count). The van der Waals surface area contributed by atoms with Gasteiger partial charge >= 0.3 is 0 Å². The highest BCUT2D eigenvalue weighted by molar-refractivity contribution is 5.80. The Balaban J connectivity index is 1.57. The zero-order chi connectivity index (χ0) is 15.6. The normalized spacial score (nSPS) is 36.3. The van der Waals surface area contributed by atoms with Crippen LogP contribution < -0.4 is 10.6 Å². The summed E-state index contributed by atoms with van der Waals surface area (Å²) in [5.41, 5.74) is 0.331. The third-order valence-corrected chi connectivity index (χ3v) is 5.98. The van der Waals surface area contributed by atoms with Gasteiger partial charge in [0.2, 0.25) is 0 Å². The average Bonchev–Trinajstić information content (AvgIpc) is 2.90. The topological polar surface area (TPSA) is 69.4 Å². The molecule has 0 saturated heterocycles. The molecule has 0 aliphatic heterocycles. The van der Waals surface area contributed by atoms with Gasteiger partial charge in [-0.25, -0.2) is 0 Å². The highest BCUT2D eigenvalue weighted by Crippen LogP contribution is 2.57. The predicted molar refractivity (Wildman–Crippen MR) is 86.5 cm³/mol. The smallest absolute Gasteiger partial charge is 0.191 e.